The normalized spacial score (nSPS) is 26.1. The Hall–Kier alpha value is -0.120. The van der Waals surface area contributed by atoms with Gasteiger partial charge < -0.3 is 14.8 Å². The molecule has 1 fully saturated rings. The largest absolute Gasteiger partial charge is 0.379 e. The Morgan fingerprint density at radius 2 is 2.00 bits per heavy atom. The lowest BCUT2D eigenvalue weighted by Gasteiger charge is -2.34. The van der Waals surface area contributed by atoms with Crippen LogP contribution in [0.3, 0.4) is 0 Å². The Balaban J connectivity index is 1.81. The molecule has 1 aliphatic rings. The van der Waals surface area contributed by atoms with E-state index in [-0.39, 0.29) is 0 Å². The summed E-state index contributed by atoms with van der Waals surface area (Å²) in [6, 6.07) is 0. The van der Waals surface area contributed by atoms with E-state index < -0.39 is 0 Å². The zero-order valence-electron chi connectivity index (χ0n) is 9.42. The first kappa shape index (κ1) is 12.0. The van der Waals surface area contributed by atoms with Crippen LogP contribution in [0.1, 0.15) is 26.2 Å². The molecule has 0 bridgehead atoms. The van der Waals surface area contributed by atoms with Crippen LogP contribution >= 0.6 is 0 Å². The summed E-state index contributed by atoms with van der Waals surface area (Å²) in [6.07, 6.45) is 4.02. The van der Waals surface area contributed by atoms with Gasteiger partial charge >= 0.3 is 0 Å². The van der Waals surface area contributed by atoms with Crippen molar-refractivity contribution in [2.75, 3.05) is 33.4 Å². The molecule has 3 heteroatoms. The fourth-order valence-corrected chi connectivity index (χ4v) is 1.79. The van der Waals surface area contributed by atoms with E-state index in [1.807, 2.05) is 7.05 Å². The van der Waals surface area contributed by atoms with E-state index in [0.29, 0.717) is 6.10 Å². The number of hydrogen-bond acceptors (Lipinski definition) is 3. The summed E-state index contributed by atoms with van der Waals surface area (Å²) in [5, 5.41) is 3.19. The molecule has 84 valence electrons. The van der Waals surface area contributed by atoms with Crippen LogP contribution in [-0.4, -0.2) is 39.5 Å². The lowest BCUT2D eigenvalue weighted by molar-refractivity contribution is -0.0517. The first-order valence-corrected chi connectivity index (χ1v) is 5.70. The van der Waals surface area contributed by atoms with Crippen LogP contribution in [-0.2, 0) is 9.47 Å². The van der Waals surface area contributed by atoms with E-state index in [4.69, 9.17) is 9.47 Å². The molecule has 0 heterocycles. The van der Waals surface area contributed by atoms with Crippen molar-refractivity contribution in [3.63, 3.8) is 0 Å². The first-order chi connectivity index (χ1) is 6.86. The molecule has 1 aliphatic carbocycles. The van der Waals surface area contributed by atoms with Crippen molar-refractivity contribution in [3.8, 4) is 0 Å². The van der Waals surface area contributed by atoms with Crippen LogP contribution < -0.4 is 5.32 Å². The van der Waals surface area contributed by atoms with Gasteiger partial charge in [-0.05, 0) is 38.8 Å². The van der Waals surface area contributed by atoms with Crippen LogP contribution in [0.25, 0.3) is 0 Å². The maximum absolute atomic E-state index is 5.65. The van der Waals surface area contributed by atoms with Crippen LogP contribution in [0, 0.1) is 5.92 Å². The van der Waals surface area contributed by atoms with Gasteiger partial charge in [0.1, 0.15) is 0 Å². The van der Waals surface area contributed by atoms with Crippen molar-refractivity contribution in [2.24, 2.45) is 5.92 Å². The summed E-state index contributed by atoms with van der Waals surface area (Å²) in [5.41, 5.74) is 0. The van der Waals surface area contributed by atoms with Crippen LogP contribution in [0.4, 0.5) is 0 Å². The molecule has 0 saturated heterocycles. The van der Waals surface area contributed by atoms with E-state index in [1.54, 1.807) is 0 Å². The topological polar surface area (TPSA) is 30.5 Å². The Morgan fingerprint density at radius 3 is 2.64 bits per heavy atom. The third-order valence-corrected chi connectivity index (χ3v) is 2.61. The van der Waals surface area contributed by atoms with E-state index in [9.17, 15) is 0 Å². The minimum Gasteiger partial charge on any atom is -0.379 e. The highest BCUT2D eigenvalue weighted by atomic mass is 16.5. The second kappa shape index (κ2) is 7.21. The molecule has 0 aromatic heterocycles. The van der Waals surface area contributed by atoms with Crippen molar-refractivity contribution in [2.45, 2.75) is 32.3 Å². The van der Waals surface area contributed by atoms with Crippen molar-refractivity contribution in [3.05, 3.63) is 0 Å². The zero-order valence-corrected chi connectivity index (χ0v) is 9.42. The number of ether oxygens (including phenoxy) is 2. The van der Waals surface area contributed by atoms with Gasteiger partial charge in [0.05, 0.1) is 19.3 Å². The minimum atomic E-state index is 0.499. The second-order valence-electron chi connectivity index (χ2n) is 4.00. The molecular weight excluding hydrogens is 178 g/mol. The van der Waals surface area contributed by atoms with Gasteiger partial charge in [-0.2, -0.15) is 0 Å². The van der Waals surface area contributed by atoms with Gasteiger partial charge in [-0.25, -0.2) is 0 Å². The molecule has 1 saturated carbocycles. The first-order valence-electron chi connectivity index (χ1n) is 5.70. The van der Waals surface area contributed by atoms with E-state index in [1.165, 1.54) is 12.8 Å². The highest BCUT2D eigenvalue weighted by Crippen LogP contribution is 2.29. The summed E-state index contributed by atoms with van der Waals surface area (Å²) in [6.45, 7) is 5.62. The third kappa shape index (κ3) is 4.40. The third-order valence-electron chi connectivity index (χ3n) is 2.61. The molecule has 1 N–H and O–H groups in total. The highest BCUT2D eigenvalue weighted by Gasteiger charge is 2.28. The summed E-state index contributed by atoms with van der Waals surface area (Å²) < 4.78 is 11.0. The van der Waals surface area contributed by atoms with E-state index in [2.05, 4.69) is 12.2 Å². The Kier molecular flexibility index (Phi) is 6.15. The molecular formula is C11H23NO2. The Bertz CT molecular complexity index is 135. The smallest absolute Gasteiger partial charge is 0.0704 e. The predicted molar refractivity (Wildman–Crippen MR) is 57.5 cm³/mol. The standard InChI is InChI=1S/C11H23NO2/c1-3-4-13-5-6-14-11-7-10(8-11)9-12-2/h10-12H,3-9H2,1-2H3. The molecule has 0 aromatic rings. The molecule has 0 atom stereocenters. The van der Waals surface area contributed by atoms with Crippen LogP contribution in [0.5, 0.6) is 0 Å². The lowest BCUT2D eigenvalue weighted by atomic mass is 9.82. The number of nitrogens with one attached hydrogen (secondary N) is 1. The van der Waals surface area contributed by atoms with E-state index >= 15 is 0 Å². The van der Waals surface area contributed by atoms with Crippen molar-refractivity contribution < 1.29 is 9.47 Å². The summed E-state index contributed by atoms with van der Waals surface area (Å²) in [5.74, 6) is 0.835. The number of hydrogen-bond donors (Lipinski definition) is 1. The average molecular weight is 201 g/mol. The highest BCUT2D eigenvalue weighted by molar-refractivity contribution is 4.81. The Labute approximate surface area is 87.2 Å². The fourth-order valence-electron chi connectivity index (χ4n) is 1.79. The molecule has 0 radical (unpaired) electrons. The predicted octanol–water partition coefficient (Wildman–Crippen LogP) is 1.43. The van der Waals surface area contributed by atoms with Crippen molar-refractivity contribution >= 4 is 0 Å². The minimum absolute atomic E-state index is 0.499. The van der Waals surface area contributed by atoms with Crippen molar-refractivity contribution in [1.82, 2.24) is 5.32 Å². The summed E-state index contributed by atoms with van der Waals surface area (Å²) in [7, 11) is 2.01. The molecule has 3 nitrogen and oxygen atoms in total. The van der Waals surface area contributed by atoms with Gasteiger partial charge in [0, 0.05) is 6.61 Å². The molecule has 0 aliphatic heterocycles. The molecule has 0 unspecified atom stereocenters. The molecule has 0 amide bonds. The SMILES string of the molecule is CCCOCCOC1CC(CNC)C1. The van der Waals surface area contributed by atoms with Crippen LogP contribution in [0.2, 0.25) is 0 Å². The maximum Gasteiger partial charge on any atom is 0.0704 e. The van der Waals surface area contributed by atoms with Gasteiger partial charge in [0.25, 0.3) is 0 Å². The van der Waals surface area contributed by atoms with E-state index in [0.717, 1.165) is 38.7 Å². The maximum atomic E-state index is 5.65. The Morgan fingerprint density at radius 1 is 1.21 bits per heavy atom. The molecule has 14 heavy (non-hydrogen) atoms. The lowest BCUT2D eigenvalue weighted by Crippen LogP contribution is -2.37. The molecule has 1 rings (SSSR count). The second-order valence-corrected chi connectivity index (χ2v) is 4.00. The quantitative estimate of drug-likeness (QED) is 0.603. The molecule has 0 aromatic carbocycles. The van der Waals surface area contributed by atoms with Crippen LogP contribution in [0.15, 0.2) is 0 Å². The molecule has 0 spiro atoms. The van der Waals surface area contributed by atoms with Gasteiger partial charge in [-0.1, -0.05) is 6.92 Å². The average Bonchev–Trinajstić information content (AvgIpc) is 2.13. The van der Waals surface area contributed by atoms with Gasteiger partial charge in [0.15, 0.2) is 0 Å². The number of rotatable bonds is 8. The van der Waals surface area contributed by atoms with Gasteiger partial charge in [-0.3, -0.25) is 0 Å². The monoisotopic (exact) mass is 201 g/mol. The summed E-state index contributed by atoms with van der Waals surface area (Å²) >= 11 is 0. The van der Waals surface area contributed by atoms with Gasteiger partial charge in [-0.15, -0.1) is 0 Å². The van der Waals surface area contributed by atoms with Gasteiger partial charge in [0.2, 0.25) is 0 Å². The fraction of sp³-hybridized carbons (Fsp3) is 1.00. The zero-order chi connectivity index (χ0) is 10.2. The summed E-state index contributed by atoms with van der Waals surface area (Å²) in [4.78, 5) is 0. The van der Waals surface area contributed by atoms with Crippen molar-refractivity contribution in [1.29, 1.82) is 0 Å².